The summed E-state index contributed by atoms with van der Waals surface area (Å²) in [6.07, 6.45) is 10.1. The van der Waals surface area contributed by atoms with E-state index in [0.717, 1.165) is 61.2 Å². The minimum absolute atomic E-state index is 0.126. The lowest BCUT2D eigenvalue weighted by atomic mass is 10.1. The van der Waals surface area contributed by atoms with E-state index in [9.17, 15) is 4.79 Å². The van der Waals surface area contributed by atoms with Gasteiger partial charge in [0.2, 0.25) is 0 Å². The summed E-state index contributed by atoms with van der Waals surface area (Å²) < 4.78 is 2.04. The van der Waals surface area contributed by atoms with Crippen molar-refractivity contribution in [3.05, 3.63) is 64.7 Å². The SMILES string of the molecule is O=c1c2ccccc2nc(C2CCCN2Cc2ccncn2)n1C1CCCC1. The fourth-order valence-corrected chi connectivity index (χ4v) is 4.84. The number of likely N-dealkylation sites (tertiary alicyclic amines) is 1. The Kier molecular flexibility index (Phi) is 4.64. The van der Waals surface area contributed by atoms with Crippen molar-refractivity contribution in [1.82, 2.24) is 24.4 Å². The van der Waals surface area contributed by atoms with E-state index < -0.39 is 0 Å². The average molecular weight is 375 g/mol. The summed E-state index contributed by atoms with van der Waals surface area (Å²) in [6, 6.07) is 10.2. The van der Waals surface area contributed by atoms with E-state index in [1.165, 1.54) is 12.8 Å². The van der Waals surface area contributed by atoms with E-state index in [4.69, 9.17) is 4.98 Å². The molecule has 1 aliphatic heterocycles. The van der Waals surface area contributed by atoms with Crippen molar-refractivity contribution >= 4 is 10.9 Å². The molecule has 2 aromatic heterocycles. The number of nitrogens with zero attached hydrogens (tertiary/aromatic N) is 5. The molecule has 3 heterocycles. The van der Waals surface area contributed by atoms with Gasteiger partial charge in [-0.1, -0.05) is 25.0 Å². The Morgan fingerprint density at radius 2 is 1.89 bits per heavy atom. The second-order valence-corrected chi connectivity index (χ2v) is 7.93. The zero-order valence-electron chi connectivity index (χ0n) is 16.0. The lowest BCUT2D eigenvalue weighted by Crippen LogP contribution is -2.34. The van der Waals surface area contributed by atoms with Crippen LogP contribution in [0.3, 0.4) is 0 Å². The lowest BCUT2D eigenvalue weighted by molar-refractivity contribution is 0.226. The number of para-hydroxylation sites is 1. The Hall–Kier alpha value is -2.60. The summed E-state index contributed by atoms with van der Waals surface area (Å²) >= 11 is 0. The minimum Gasteiger partial charge on any atom is -0.292 e. The molecule has 0 N–H and O–H groups in total. The van der Waals surface area contributed by atoms with Crippen LogP contribution in [0, 0.1) is 0 Å². The second-order valence-electron chi connectivity index (χ2n) is 7.93. The van der Waals surface area contributed by atoms with Crippen molar-refractivity contribution in [3.63, 3.8) is 0 Å². The molecule has 5 rings (SSSR count). The molecule has 6 heteroatoms. The summed E-state index contributed by atoms with van der Waals surface area (Å²) in [4.78, 5) is 29.3. The van der Waals surface area contributed by atoms with Crippen molar-refractivity contribution in [2.75, 3.05) is 6.54 Å². The Balaban J connectivity index is 1.60. The van der Waals surface area contributed by atoms with E-state index in [1.807, 2.05) is 34.9 Å². The molecule has 0 spiro atoms. The first kappa shape index (κ1) is 17.5. The third-order valence-electron chi connectivity index (χ3n) is 6.19. The highest BCUT2D eigenvalue weighted by Gasteiger charge is 2.33. The number of rotatable bonds is 4. The lowest BCUT2D eigenvalue weighted by Gasteiger charge is -2.28. The first-order valence-electron chi connectivity index (χ1n) is 10.3. The summed E-state index contributed by atoms with van der Waals surface area (Å²) in [5.74, 6) is 0.946. The fraction of sp³-hybridized carbons (Fsp3) is 0.455. The van der Waals surface area contributed by atoms with Gasteiger partial charge in [-0.25, -0.2) is 15.0 Å². The molecular formula is C22H25N5O. The van der Waals surface area contributed by atoms with Crippen LogP contribution in [-0.4, -0.2) is 31.0 Å². The zero-order chi connectivity index (χ0) is 18.9. The zero-order valence-corrected chi connectivity index (χ0v) is 16.0. The normalized spacial score (nSPS) is 20.9. The van der Waals surface area contributed by atoms with Gasteiger partial charge in [0, 0.05) is 18.8 Å². The molecule has 2 fully saturated rings. The van der Waals surface area contributed by atoms with Crippen LogP contribution < -0.4 is 5.56 Å². The predicted octanol–water partition coefficient (Wildman–Crippen LogP) is 3.64. The number of benzene rings is 1. The van der Waals surface area contributed by atoms with Crippen molar-refractivity contribution in [1.29, 1.82) is 0 Å². The third kappa shape index (κ3) is 3.11. The van der Waals surface area contributed by atoms with Crippen LogP contribution in [0.15, 0.2) is 47.7 Å². The molecule has 1 saturated heterocycles. The molecule has 144 valence electrons. The van der Waals surface area contributed by atoms with Gasteiger partial charge in [-0.3, -0.25) is 14.3 Å². The van der Waals surface area contributed by atoms with Gasteiger partial charge in [-0.2, -0.15) is 0 Å². The van der Waals surface area contributed by atoms with Crippen LogP contribution >= 0.6 is 0 Å². The van der Waals surface area contributed by atoms with E-state index in [2.05, 4.69) is 14.9 Å². The molecule has 0 radical (unpaired) electrons. The maximum absolute atomic E-state index is 13.4. The van der Waals surface area contributed by atoms with Gasteiger partial charge in [0.1, 0.15) is 12.2 Å². The van der Waals surface area contributed by atoms with Crippen molar-refractivity contribution < 1.29 is 0 Å². The maximum Gasteiger partial charge on any atom is 0.261 e. The highest BCUT2D eigenvalue weighted by Crippen LogP contribution is 2.36. The van der Waals surface area contributed by atoms with E-state index in [0.29, 0.717) is 0 Å². The van der Waals surface area contributed by atoms with E-state index in [-0.39, 0.29) is 17.6 Å². The van der Waals surface area contributed by atoms with E-state index in [1.54, 1.807) is 12.5 Å². The van der Waals surface area contributed by atoms with Crippen LogP contribution in [0.2, 0.25) is 0 Å². The van der Waals surface area contributed by atoms with E-state index >= 15 is 0 Å². The Morgan fingerprint density at radius 1 is 1.04 bits per heavy atom. The van der Waals surface area contributed by atoms with Crippen molar-refractivity contribution in [2.45, 2.75) is 57.2 Å². The Bertz CT molecular complexity index is 1030. The summed E-state index contributed by atoms with van der Waals surface area (Å²) in [5, 5.41) is 0.735. The van der Waals surface area contributed by atoms with Gasteiger partial charge in [0.05, 0.1) is 22.6 Å². The number of fused-ring (bicyclic) bond motifs is 1. The molecule has 1 saturated carbocycles. The summed E-state index contributed by atoms with van der Waals surface area (Å²) in [5.41, 5.74) is 1.95. The number of hydrogen-bond acceptors (Lipinski definition) is 5. The van der Waals surface area contributed by atoms with Crippen LogP contribution in [-0.2, 0) is 6.54 Å². The highest BCUT2D eigenvalue weighted by molar-refractivity contribution is 5.77. The monoisotopic (exact) mass is 375 g/mol. The minimum atomic E-state index is 0.126. The third-order valence-corrected chi connectivity index (χ3v) is 6.19. The molecule has 2 aliphatic rings. The number of hydrogen-bond donors (Lipinski definition) is 0. The van der Waals surface area contributed by atoms with Crippen LogP contribution in [0.25, 0.3) is 10.9 Å². The molecule has 0 bridgehead atoms. The van der Waals surface area contributed by atoms with Gasteiger partial charge in [0.15, 0.2) is 0 Å². The van der Waals surface area contributed by atoms with Crippen LogP contribution in [0.4, 0.5) is 0 Å². The molecule has 28 heavy (non-hydrogen) atoms. The predicted molar refractivity (Wildman–Crippen MR) is 108 cm³/mol. The number of aromatic nitrogens is 4. The summed E-state index contributed by atoms with van der Waals surface area (Å²) in [7, 11) is 0. The smallest absolute Gasteiger partial charge is 0.261 e. The average Bonchev–Trinajstić information content (AvgIpc) is 3.41. The molecule has 3 aromatic rings. The fourth-order valence-electron chi connectivity index (χ4n) is 4.84. The van der Waals surface area contributed by atoms with Crippen LogP contribution in [0.1, 0.15) is 62.1 Å². The summed E-state index contributed by atoms with van der Waals surface area (Å²) in [6.45, 7) is 1.77. The Labute approximate surface area is 164 Å². The molecule has 1 aliphatic carbocycles. The molecule has 6 nitrogen and oxygen atoms in total. The molecule has 0 amide bonds. The second kappa shape index (κ2) is 7.43. The molecule has 1 unspecified atom stereocenters. The van der Waals surface area contributed by atoms with Gasteiger partial charge >= 0.3 is 0 Å². The van der Waals surface area contributed by atoms with Gasteiger partial charge < -0.3 is 0 Å². The van der Waals surface area contributed by atoms with Gasteiger partial charge in [-0.15, -0.1) is 0 Å². The molecular weight excluding hydrogens is 350 g/mol. The first-order chi connectivity index (χ1) is 13.8. The topological polar surface area (TPSA) is 63.9 Å². The highest BCUT2D eigenvalue weighted by atomic mass is 16.1. The largest absolute Gasteiger partial charge is 0.292 e. The maximum atomic E-state index is 13.4. The molecule has 1 aromatic carbocycles. The Morgan fingerprint density at radius 3 is 2.71 bits per heavy atom. The van der Waals surface area contributed by atoms with Crippen LogP contribution in [0.5, 0.6) is 0 Å². The first-order valence-corrected chi connectivity index (χ1v) is 10.3. The quantitative estimate of drug-likeness (QED) is 0.697. The van der Waals surface area contributed by atoms with Gasteiger partial charge in [-0.05, 0) is 50.4 Å². The van der Waals surface area contributed by atoms with Gasteiger partial charge in [0.25, 0.3) is 5.56 Å². The standard InChI is InChI=1S/C22H25N5O/c28-22-18-8-3-4-9-19(18)25-21(27(22)17-6-1-2-7-17)20-10-5-13-26(20)14-16-11-12-23-15-24-16/h3-4,8-9,11-12,15,17,20H,1-2,5-7,10,13-14H2. The molecule has 1 atom stereocenters. The van der Waals surface area contributed by atoms with Crippen molar-refractivity contribution in [2.24, 2.45) is 0 Å². The van der Waals surface area contributed by atoms with Crippen molar-refractivity contribution in [3.8, 4) is 0 Å².